The van der Waals surface area contributed by atoms with Crippen LogP contribution in [0.4, 0.5) is 0 Å². The van der Waals surface area contributed by atoms with Crippen molar-refractivity contribution in [3.8, 4) is 0 Å². The summed E-state index contributed by atoms with van der Waals surface area (Å²) in [7, 11) is 0. The van der Waals surface area contributed by atoms with E-state index in [9.17, 15) is 0 Å². The quantitative estimate of drug-likeness (QED) is 0.609. The Morgan fingerprint density at radius 3 is 2.08 bits per heavy atom. The van der Waals surface area contributed by atoms with Crippen molar-refractivity contribution in [2.24, 2.45) is 0 Å². The highest BCUT2D eigenvalue weighted by molar-refractivity contribution is 7.96. The van der Waals surface area contributed by atoms with E-state index < -0.39 is 0 Å². The lowest BCUT2D eigenvalue weighted by atomic mass is 10.1. The smallest absolute Gasteiger partial charge is 0.0244 e. The average molecular weight is 188 g/mol. The molecule has 0 N–H and O–H groups in total. The molecule has 0 saturated carbocycles. The summed E-state index contributed by atoms with van der Waals surface area (Å²) in [6.07, 6.45) is 2.17. The summed E-state index contributed by atoms with van der Waals surface area (Å²) < 4.78 is 2.46. The van der Waals surface area contributed by atoms with Crippen LogP contribution in [0, 0.1) is 0 Å². The summed E-state index contributed by atoms with van der Waals surface area (Å²) in [5.41, 5.74) is 0. The van der Waals surface area contributed by atoms with Crippen LogP contribution < -0.4 is 0 Å². The third-order valence-corrected chi connectivity index (χ3v) is 3.51. The molecular formula is C9H20N2S. The molecule has 1 saturated heterocycles. The van der Waals surface area contributed by atoms with Crippen LogP contribution in [0.15, 0.2) is 0 Å². The first-order valence-electron chi connectivity index (χ1n) is 4.73. The predicted molar refractivity (Wildman–Crippen MR) is 56.4 cm³/mol. The monoisotopic (exact) mass is 188 g/mol. The number of piperazine rings is 1. The first-order valence-corrected chi connectivity index (χ1v) is 5.92. The lowest BCUT2D eigenvalue weighted by Crippen LogP contribution is -2.54. The zero-order chi connectivity index (χ0) is 9.14. The maximum atomic E-state index is 2.58. The summed E-state index contributed by atoms with van der Waals surface area (Å²) in [6.45, 7) is 10.5. The molecule has 0 amide bonds. The molecule has 0 aromatic carbocycles. The summed E-state index contributed by atoms with van der Waals surface area (Å²) >= 11 is 1.87. The van der Waals surface area contributed by atoms with Crippen molar-refractivity contribution in [2.75, 3.05) is 25.9 Å². The number of hydrogen-bond acceptors (Lipinski definition) is 3. The highest BCUT2D eigenvalue weighted by atomic mass is 32.2. The van der Waals surface area contributed by atoms with Gasteiger partial charge in [0.25, 0.3) is 0 Å². The summed E-state index contributed by atoms with van der Waals surface area (Å²) in [6, 6.07) is 1.43. The van der Waals surface area contributed by atoms with Crippen LogP contribution in [0.25, 0.3) is 0 Å². The zero-order valence-electron chi connectivity index (χ0n) is 8.58. The van der Waals surface area contributed by atoms with Gasteiger partial charge < -0.3 is 0 Å². The number of nitrogens with zero attached hydrogens (tertiary/aromatic N) is 2. The fourth-order valence-electron chi connectivity index (χ4n) is 2.08. The molecule has 1 aliphatic rings. The van der Waals surface area contributed by atoms with Gasteiger partial charge in [0.15, 0.2) is 0 Å². The van der Waals surface area contributed by atoms with E-state index in [0.29, 0.717) is 12.1 Å². The maximum absolute atomic E-state index is 2.58. The third kappa shape index (κ3) is 2.15. The van der Waals surface area contributed by atoms with E-state index >= 15 is 0 Å². The van der Waals surface area contributed by atoms with Crippen LogP contribution in [0.5, 0.6) is 0 Å². The molecule has 2 unspecified atom stereocenters. The van der Waals surface area contributed by atoms with Crippen LogP contribution in [-0.2, 0) is 0 Å². The Kier molecular flexibility index (Phi) is 3.87. The molecule has 72 valence electrons. The van der Waals surface area contributed by atoms with Crippen molar-refractivity contribution in [1.29, 1.82) is 0 Å². The normalized spacial score (nSPS) is 34.0. The Balaban J connectivity index is 2.51. The Bertz CT molecular complexity index is 128. The molecule has 1 rings (SSSR count). The molecule has 0 aliphatic carbocycles. The molecule has 0 radical (unpaired) electrons. The van der Waals surface area contributed by atoms with Crippen molar-refractivity contribution >= 4 is 11.9 Å². The fourth-order valence-corrected chi connectivity index (χ4v) is 2.81. The van der Waals surface area contributed by atoms with Crippen molar-refractivity contribution < 1.29 is 0 Å². The van der Waals surface area contributed by atoms with Gasteiger partial charge in [-0.05, 0) is 26.6 Å². The number of hydrogen-bond donors (Lipinski definition) is 0. The maximum Gasteiger partial charge on any atom is 0.0244 e. The van der Waals surface area contributed by atoms with Gasteiger partial charge in [0.1, 0.15) is 0 Å². The molecule has 0 spiro atoms. The Labute approximate surface area is 80.4 Å². The Morgan fingerprint density at radius 2 is 1.75 bits per heavy atom. The Morgan fingerprint density at radius 1 is 1.25 bits per heavy atom. The highest BCUT2D eigenvalue weighted by Crippen LogP contribution is 2.19. The molecular weight excluding hydrogens is 168 g/mol. The first-order chi connectivity index (χ1) is 5.69. The predicted octanol–water partition coefficient (Wildman–Crippen LogP) is 1.68. The minimum absolute atomic E-state index is 0.714. The minimum atomic E-state index is 0.714. The highest BCUT2D eigenvalue weighted by Gasteiger charge is 2.27. The van der Waals surface area contributed by atoms with Gasteiger partial charge in [0, 0.05) is 25.2 Å². The van der Waals surface area contributed by atoms with E-state index in [1.807, 2.05) is 11.9 Å². The fraction of sp³-hybridized carbons (Fsp3) is 1.00. The number of rotatable bonds is 2. The molecule has 1 fully saturated rings. The average Bonchev–Trinajstić information content (AvgIpc) is 2.03. The lowest BCUT2D eigenvalue weighted by Gasteiger charge is -2.43. The topological polar surface area (TPSA) is 6.48 Å². The van der Waals surface area contributed by atoms with Crippen LogP contribution >= 0.6 is 11.9 Å². The van der Waals surface area contributed by atoms with E-state index in [0.717, 1.165) is 0 Å². The van der Waals surface area contributed by atoms with Gasteiger partial charge in [0.05, 0.1) is 0 Å². The van der Waals surface area contributed by atoms with Crippen molar-refractivity contribution in [2.45, 2.75) is 32.9 Å². The Hall–Kier alpha value is 0.270. The zero-order valence-corrected chi connectivity index (χ0v) is 9.40. The summed E-state index contributed by atoms with van der Waals surface area (Å²) in [5.74, 6) is 0. The summed E-state index contributed by atoms with van der Waals surface area (Å²) in [5, 5.41) is 0. The second-order valence-corrected chi connectivity index (χ2v) is 4.44. The van der Waals surface area contributed by atoms with Crippen molar-refractivity contribution in [3.63, 3.8) is 0 Å². The van der Waals surface area contributed by atoms with Crippen LogP contribution in [0.2, 0.25) is 0 Å². The molecule has 1 aliphatic heterocycles. The van der Waals surface area contributed by atoms with Crippen molar-refractivity contribution in [1.82, 2.24) is 9.21 Å². The van der Waals surface area contributed by atoms with Crippen LogP contribution in [-0.4, -0.2) is 47.2 Å². The number of likely N-dealkylation sites (N-methyl/N-ethyl adjacent to an activating group) is 1. The second-order valence-electron chi connectivity index (χ2n) is 3.56. The second kappa shape index (κ2) is 4.49. The SMILES string of the molecule is CCN1C(C)CN(SC)CC1C. The lowest BCUT2D eigenvalue weighted by molar-refractivity contribution is 0.0881. The van der Waals surface area contributed by atoms with E-state index in [2.05, 4.69) is 36.2 Å². The summed E-state index contributed by atoms with van der Waals surface area (Å²) in [4.78, 5) is 2.58. The minimum Gasteiger partial charge on any atom is -0.296 e. The van der Waals surface area contributed by atoms with Crippen molar-refractivity contribution in [3.05, 3.63) is 0 Å². The van der Waals surface area contributed by atoms with Gasteiger partial charge in [-0.1, -0.05) is 18.9 Å². The molecule has 12 heavy (non-hydrogen) atoms. The van der Waals surface area contributed by atoms with Gasteiger partial charge in [-0.25, -0.2) is 4.31 Å². The third-order valence-electron chi connectivity index (χ3n) is 2.69. The standard InChI is InChI=1S/C9H20N2S/c1-5-11-8(2)6-10(12-4)7-9(11)3/h8-9H,5-7H2,1-4H3. The molecule has 0 aromatic heterocycles. The molecule has 2 atom stereocenters. The first kappa shape index (κ1) is 10.4. The molecule has 0 aromatic rings. The van der Waals surface area contributed by atoms with E-state index in [4.69, 9.17) is 0 Å². The largest absolute Gasteiger partial charge is 0.296 e. The van der Waals surface area contributed by atoms with Gasteiger partial charge in [0.2, 0.25) is 0 Å². The van der Waals surface area contributed by atoms with E-state index in [1.54, 1.807) is 0 Å². The molecule has 1 heterocycles. The van der Waals surface area contributed by atoms with E-state index in [-0.39, 0.29) is 0 Å². The van der Waals surface area contributed by atoms with Gasteiger partial charge in [-0.3, -0.25) is 4.90 Å². The van der Waals surface area contributed by atoms with Gasteiger partial charge in [-0.15, -0.1) is 0 Å². The molecule has 0 bridgehead atoms. The molecule has 3 heteroatoms. The van der Waals surface area contributed by atoms with Gasteiger partial charge in [-0.2, -0.15) is 0 Å². The van der Waals surface area contributed by atoms with Gasteiger partial charge >= 0.3 is 0 Å². The van der Waals surface area contributed by atoms with Crippen LogP contribution in [0.3, 0.4) is 0 Å². The molecule has 2 nitrogen and oxygen atoms in total. The van der Waals surface area contributed by atoms with Crippen LogP contribution in [0.1, 0.15) is 20.8 Å². The van der Waals surface area contributed by atoms with E-state index in [1.165, 1.54) is 19.6 Å².